The largest absolute Gasteiger partial charge is 0.508 e. The molecule has 1 fully saturated rings. The number of benzene rings is 1. The van der Waals surface area contributed by atoms with Crippen LogP contribution in [0.5, 0.6) is 5.75 Å². The van der Waals surface area contributed by atoms with Crippen molar-refractivity contribution in [3.63, 3.8) is 0 Å². The molecule has 33 heavy (non-hydrogen) atoms. The Bertz CT molecular complexity index is 957. The first-order valence-electron chi connectivity index (χ1n) is 11.2. The fourth-order valence-electron chi connectivity index (χ4n) is 4.63. The van der Waals surface area contributed by atoms with Gasteiger partial charge in [-0.1, -0.05) is 37.8 Å². The van der Waals surface area contributed by atoms with Gasteiger partial charge in [-0.3, -0.25) is 14.4 Å². The molecule has 0 radical (unpaired) electrons. The van der Waals surface area contributed by atoms with Gasteiger partial charge in [-0.15, -0.1) is 0 Å². The number of aromatic hydroxyl groups is 1. The van der Waals surface area contributed by atoms with Crippen LogP contribution in [-0.2, 0) is 23.9 Å². The lowest BCUT2D eigenvalue weighted by atomic mass is 9.55. The molecule has 1 amide bonds. The minimum atomic E-state index is -1.42. The average Bonchev–Trinajstić information content (AvgIpc) is 2.74. The van der Waals surface area contributed by atoms with Crippen molar-refractivity contribution in [2.24, 2.45) is 22.7 Å². The minimum absolute atomic E-state index is 0.0198. The van der Waals surface area contributed by atoms with Crippen LogP contribution in [0.25, 0.3) is 0 Å². The van der Waals surface area contributed by atoms with Crippen LogP contribution in [0.3, 0.4) is 0 Å². The molecule has 180 valence electrons. The average molecular weight is 477 g/mol. The van der Waals surface area contributed by atoms with Gasteiger partial charge in [-0.05, 0) is 42.1 Å². The lowest BCUT2D eigenvalue weighted by Crippen LogP contribution is -2.51. The molecule has 0 aromatic heterocycles. The van der Waals surface area contributed by atoms with Crippen molar-refractivity contribution in [3.05, 3.63) is 29.3 Å². The van der Waals surface area contributed by atoms with Crippen molar-refractivity contribution in [2.45, 2.75) is 57.3 Å². The SMILES string of the molecule is CCCOC(=O)[C@H]1[C@H](C(=O)OCC[Si](C)(C)C)C2CC(=NOC(N)=O)[C@H]1c1cc(O)ccc12. The third kappa shape index (κ3) is 5.55. The van der Waals surface area contributed by atoms with Gasteiger partial charge in [0.2, 0.25) is 0 Å². The van der Waals surface area contributed by atoms with Gasteiger partial charge in [-0.2, -0.15) is 0 Å². The maximum absolute atomic E-state index is 13.3. The Labute approximate surface area is 194 Å². The summed E-state index contributed by atoms with van der Waals surface area (Å²) in [6.07, 6.45) is -0.158. The van der Waals surface area contributed by atoms with Crippen LogP contribution in [-0.4, -0.2) is 50.1 Å². The molecule has 1 aromatic rings. The normalized spacial score (nSPS) is 24.8. The van der Waals surface area contributed by atoms with Crippen molar-refractivity contribution in [1.29, 1.82) is 0 Å². The third-order valence-electron chi connectivity index (χ3n) is 6.11. The van der Waals surface area contributed by atoms with Crippen LogP contribution in [0.2, 0.25) is 25.7 Å². The number of esters is 2. The number of hydrogen-bond donors (Lipinski definition) is 2. The summed E-state index contributed by atoms with van der Waals surface area (Å²) in [5, 5.41) is 14.0. The predicted molar refractivity (Wildman–Crippen MR) is 124 cm³/mol. The Balaban J connectivity index is 2.03. The van der Waals surface area contributed by atoms with Crippen molar-refractivity contribution in [1.82, 2.24) is 0 Å². The number of phenols is 1. The van der Waals surface area contributed by atoms with E-state index in [4.69, 9.17) is 15.2 Å². The van der Waals surface area contributed by atoms with Gasteiger partial charge < -0.3 is 20.3 Å². The van der Waals surface area contributed by atoms with E-state index in [1.807, 2.05) is 6.92 Å². The van der Waals surface area contributed by atoms with E-state index in [9.17, 15) is 19.5 Å². The Morgan fingerprint density at radius 2 is 1.76 bits per heavy atom. The zero-order valence-corrected chi connectivity index (χ0v) is 20.5. The van der Waals surface area contributed by atoms with E-state index in [-0.39, 0.29) is 12.4 Å². The number of ether oxygens (including phenoxy) is 2. The summed E-state index contributed by atoms with van der Waals surface area (Å²) in [7, 11) is -1.42. The molecule has 3 aliphatic rings. The van der Waals surface area contributed by atoms with E-state index >= 15 is 0 Å². The molecule has 3 aliphatic carbocycles. The maximum Gasteiger partial charge on any atom is 0.430 e. The van der Waals surface area contributed by atoms with Gasteiger partial charge in [0.15, 0.2) is 0 Å². The number of rotatable bonds is 8. The molecule has 2 bridgehead atoms. The van der Waals surface area contributed by atoms with E-state index < -0.39 is 49.8 Å². The van der Waals surface area contributed by atoms with Crippen molar-refractivity contribution in [2.75, 3.05) is 13.2 Å². The smallest absolute Gasteiger partial charge is 0.430 e. The van der Waals surface area contributed by atoms with Crippen LogP contribution in [0.1, 0.15) is 42.7 Å². The number of phenolic OH excluding ortho intramolecular Hbond substituents is 1. The van der Waals surface area contributed by atoms with E-state index in [0.29, 0.717) is 30.7 Å². The molecule has 0 spiro atoms. The van der Waals surface area contributed by atoms with Crippen molar-refractivity contribution < 1.29 is 33.8 Å². The molecule has 9 nitrogen and oxygen atoms in total. The first-order chi connectivity index (χ1) is 15.5. The standard InChI is InChI=1S/C23H32N2O7Si/c1-5-8-30-22(28)20-18-15-11-13(26)6-7-14(15)16(12-17(18)25-32-23(24)29)19(20)21(27)31-9-10-33(2,3)4/h6-7,11,16,18-20,26H,5,8-10,12H2,1-4H3,(H2,24,29)/t16?,18-,19-,20-/m1/s1. The summed E-state index contributed by atoms with van der Waals surface area (Å²) >= 11 is 0. The Kier molecular flexibility index (Phi) is 7.46. The molecule has 1 aromatic carbocycles. The second-order valence-corrected chi connectivity index (χ2v) is 15.4. The van der Waals surface area contributed by atoms with E-state index in [1.165, 1.54) is 0 Å². The summed E-state index contributed by atoms with van der Waals surface area (Å²) in [6, 6.07) is 5.67. The van der Waals surface area contributed by atoms with E-state index in [1.54, 1.807) is 18.2 Å². The molecule has 1 saturated carbocycles. The highest BCUT2D eigenvalue weighted by Crippen LogP contribution is 2.55. The lowest BCUT2D eigenvalue weighted by Gasteiger charge is -2.47. The summed E-state index contributed by atoms with van der Waals surface area (Å²) in [4.78, 5) is 42.4. The van der Waals surface area contributed by atoms with Crippen molar-refractivity contribution >= 4 is 31.8 Å². The predicted octanol–water partition coefficient (Wildman–Crippen LogP) is 3.50. The van der Waals surface area contributed by atoms with Gasteiger partial charge >= 0.3 is 18.0 Å². The van der Waals surface area contributed by atoms with Gasteiger partial charge in [-0.25, -0.2) is 4.79 Å². The second kappa shape index (κ2) is 9.94. The summed E-state index contributed by atoms with van der Waals surface area (Å²) < 4.78 is 11.1. The number of fused-ring (bicyclic) bond motifs is 2. The molecule has 10 heteroatoms. The number of nitrogens with zero attached hydrogens (tertiary/aromatic N) is 1. The van der Waals surface area contributed by atoms with Gasteiger partial charge in [0.25, 0.3) is 0 Å². The first-order valence-corrected chi connectivity index (χ1v) is 14.9. The van der Waals surface area contributed by atoms with Crippen LogP contribution < -0.4 is 5.73 Å². The lowest BCUT2D eigenvalue weighted by molar-refractivity contribution is -0.163. The zero-order chi connectivity index (χ0) is 24.3. The molecule has 1 unspecified atom stereocenters. The van der Waals surface area contributed by atoms with E-state index in [2.05, 4.69) is 29.6 Å². The molecule has 0 aliphatic heterocycles. The number of primary amides is 1. The molecular formula is C23H32N2O7Si. The van der Waals surface area contributed by atoms with Gasteiger partial charge in [0, 0.05) is 19.9 Å². The van der Waals surface area contributed by atoms with Gasteiger partial charge in [0.05, 0.1) is 30.8 Å². The topological polar surface area (TPSA) is 138 Å². The fourth-order valence-corrected chi connectivity index (χ4v) is 5.35. The maximum atomic E-state index is 13.3. The number of nitrogens with two attached hydrogens (primary N) is 1. The third-order valence-corrected chi connectivity index (χ3v) is 7.82. The number of carbonyl (C=O) groups excluding carboxylic acids is 3. The Morgan fingerprint density at radius 3 is 2.39 bits per heavy atom. The van der Waals surface area contributed by atoms with Crippen molar-refractivity contribution in [3.8, 4) is 5.75 Å². The number of hydrogen-bond acceptors (Lipinski definition) is 8. The Morgan fingerprint density at radius 1 is 1.09 bits per heavy atom. The Hall–Kier alpha value is -2.88. The molecule has 4 rings (SSSR count). The highest BCUT2D eigenvalue weighted by molar-refractivity contribution is 6.76. The van der Waals surface area contributed by atoms with Crippen LogP contribution in [0.15, 0.2) is 23.4 Å². The van der Waals surface area contributed by atoms with Crippen LogP contribution in [0.4, 0.5) is 4.79 Å². The van der Waals surface area contributed by atoms with Crippen LogP contribution in [0, 0.1) is 11.8 Å². The van der Waals surface area contributed by atoms with Gasteiger partial charge in [0.1, 0.15) is 5.75 Å². The first kappa shape index (κ1) is 24.8. The van der Waals surface area contributed by atoms with Crippen LogP contribution >= 0.6 is 0 Å². The fraction of sp³-hybridized carbons (Fsp3) is 0.565. The molecule has 0 saturated heterocycles. The second-order valence-electron chi connectivity index (χ2n) is 9.79. The number of amides is 1. The molecular weight excluding hydrogens is 444 g/mol. The van der Waals surface area contributed by atoms with E-state index in [0.717, 1.165) is 11.6 Å². The molecule has 3 N–H and O–H groups in total. The zero-order valence-electron chi connectivity index (χ0n) is 19.5. The summed E-state index contributed by atoms with van der Waals surface area (Å²) in [5.74, 6) is -3.82. The summed E-state index contributed by atoms with van der Waals surface area (Å²) in [6.45, 7) is 8.97. The molecule has 0 heterocycles. The molecule has 4 atom stereocenters. The minimum Gasteiger partial charge on any atom is -0.508 e. The number of oxime groups is 1. The number of carbonyl (C=O) groups is 3. The highest BCUT2D eigenvalue weighted by atomic mass is 28.3. The monoisotopic (exact) mass is 476 g/mol. The summed E-state index contributed by atoms with van der Waals surface area (Å²) in [5.41, 5.74) is 6.98. The quantitative estimate of drug-likeness (QED) is 0.253. The highest BCUT2D eigenvalue weighted by Gasteiger charge is 2.57.